The molecule has 0 bridgehead atoms. The highest BCUT2D eigenvalue weighted by Gasteiger charge is 2.05. The Bertz CT molecular complexity index is 457. The molecule has 0 fully saturated rings. The van der Waals surface area contributed by atoms with E-state index in [0.29, 0.717) is 0 Å². The summed E-state index contributed by atoms with van der Waals surface area (Å²) >= 11 is 1.81. The molecule has 1 heterocycles. The molecule has 0 aliphatic carbocycles. The summed E-state index contributed by atoms with van der Waals surface area (Å²) in [4.78, 5) is 2.63. The van der Waals surface area contributed by atoms with Crippen molar-refractivity contribution < 1.29 is 0 Å². The van der Waals surface area contributed by atoms with Gasteiger partial charge < -0.3 is 5.73 Å². The molecule has 1 nitrogen and oxygen atoms in total. The van der Waals surface area contributed by atoms with Crippen molar-refractivity contribution in [1.82, 2.24) is 0 Å². The van der Waals surface area contributed by atoms with E-state index in [1.54, 1.807) is 0 Å². The molecule has 72 valence electrons. The Hall–Kier alpha value is -1.28. The van der Waals surface area contributed by atoms with Gasteiger partial charge in [-0.25, -0.2) is 0 Å². The Morgan fingerprint density at radius 1 is 1.07 bits per heavy atom. The molecule has 0 atom stereocenters. The van der Waals surface area contributed by atoms with E-state index in [4.69, 9.17) is 5.73 Å². The van der Waals surface area contributed by atoms with E-state index in [0.717, 1.165) is 5.69 Å². The van der Waals surface area contributed by atoms with Crippen LogP contribution in [0.15, 0.2) is 30.3 Å². The van der Waals surface area contributed by atoms with E-state index in [1.807, 2.05) is 23.5 Å². The Kier molecular flexibility index (Phi) is 2.30. The lowest BCUT2D eigenvalue weighted by atomic mass is 10.1. The zero-order chi connectivity index (χ0) is 10.1. The van der Waals surface area contributed by atoms with Crippen LogP contribution in [0, 0.1) is 13.8 Å². The Balaban J connectivity index is 2.57. The van der Waals surface area contributed by atoms with E-state index in [1.165, 1.54) is 20.9 Å². The summed E-state index contributed by atoms with van der Waals surface area (Å²) in [6.07, 6.45) is 0. The van der Waals surface area contributed by atoms with Gasteiger partial charge in [-0.15, -0.1) is 11.3 Å². The van der Waals surface area contributed by atoms with Crippen LogP contribution in [0.1, 0.15) is 10.4 Å². The van der Waals surface area contributed by atoms with Crippen molar-refractivity contribution in [2.45, 2.75) is 13.8 Å². The SMILES string of the molecule is Cc1ccc(-c2cccc(N)c2C)s1. The first-order chi connectivity index (χ1) is 6.68. The molecule has 2 heteroatoms. The highest BCUT2D eigenvalue weighted by Crippen LogP contribution is 2.32. The van der Waals surface area contributed by atoms with Crippen LogP contribution in [0.4, 0.5) is 5.69 Å². The van der Waals surface area contributed by atoms with Gasteiger partial charge in [0.15, 0.2) is 0 Å². The van der Waals surface area contributed by atoms with Gasteiger partial charge in [-0.05, 0) is 43.2 Å². The third-order valence-electron chi connectivity index (χ3n) is 2.38. The summed E-state index contributed by atoms with van der Waals surface area (Å²) in [5, 5.41) is 0. The summed E-state index contributed by atoms with van der Waals surface area (Å²) in [6.45, 7) is 4.19. The van der Waals surface area contributed by atoms with E-state index in [-0.39, 0.29) is 0 Å². The topological polar surface area (TPSA) is 26.0 Å². The molecule has 0 saturated heterocycles. The predicted octanol–water partition coefficient (Wildman–Crippen LogP) is 3.61. The number of rotatable bonds is 1. The molecular weight excluding hydrogens is 190 g/mol. The van der Waals surface area contributed by atoms with E-state index in [2.05, 4.69) is 32.0 Å². The molecule has 0 aliphatic heterocycles. The molecule has 14 heavy (non-hydrogen) atoms. The fourth-order valence-corrected chi connectivity index (χ4v) is 2.45. The molecule has 0 unspecified atom stereocenters. The van der Waals surface area contributed by atoms with Crippen LogP contribution in [-0.4, -0.2) is 0 Å². The minimum Gasteiger partial charge on any atom is -0.398 e. The van der Waals surface area contributed by atoms with Crippen molar-refractivity contribution >= 4 is 17.0 Å². The second kappa shape index (κ2) is 3.46. The van der Waals surface area contributed by atoms with Gasteiger partial charge >= 0.3 is 0 Å². The quantitative estimate of drug-likeness (QED) is 0.704. The Labute approximate surface area is 88.2 Å². The first-order valence-corrected chi connectivity index (χ1v) is 5.42. The zero-order valence-electron chi connectivity index (χ0n) is 8.37. The second-order valence-electron chi connectivity index (χ2n) is 3.43. The van der Waals surface area contributed by atoms with Gasteiger partial charge in [0.2, 0.25) is 0 Å². The fraction of sp³-hybridized carbons (Fsp3) is 0.167. The van der Waals surface area contributed by atoms with Gasteiger partial charge in [0, 0.05) is 15.4 Å². The number of anilines is 1. The maximum absolute atomic E-state index is 5.87. The highest BCUT2D eigenvalue weighted by atomic mass is 32.1. The Morgan fingerprint density at radius 3 is 2.50 bits per heavy atom. The van der Waals surface area contributed by atoms with Crippen molar-refractivity contribution in [3.05, 3.63) is 40.8 Å². The number of thiophene rings is 1. The van der Waals surface area contributed by atoms with Gasteiger partial charge in [-0.3, -0.25) is 0 Å². The molecule has 2 rings (SSSR count). The molecule has 1 aromatic heterocycles. The third kappa shape index (κ3) is 1.53. The van der Waals surface area contributed by atoms with Crippen molar-refractivity contribution in [2.75, 3.05) is 5.73 Å². The van der Waals surface area contributed by atoms with Crippen molar-refractivity contribution in [1.29, 1.82) is 0 Å². The highest BCUT2D eigenvalue weighted by molar-refractivity contribution is 7.15. The zero-order valence-corrected chi connectivity index (χ0v) is 9.19. The summed E-state index contributed by atoms with van der Waals surface area (Å²) in [6, 6.07) is 10.4. The smallest absolute Gasteiger partial charge is 0.0350 e. The first kappa shape index (κ1) is 9.28. The second-order valence-corrected chi connectivity index (χ2v) is 4.72. The summed E-state index contributed by atoms with van der Waals surface area (Å²) in [7, 11) is 0. The van der Waals surface area contributed by atoms with Gasteiger partial charge in [0.1, 0.15) is 0 Å². The van der Waals surface area contributed by atoms with Crippen LogP contribution in [0.5, 0.6) is 0 Å². The number of nitrogen functional groups attached to an aromatic ring is 1. The third-order valence-corrected chi connectivity index (χ3v) is 3.42. The average Bonchev–Trinajstić information content (AvgIpc) is 2.57. The van der Waals surface area contributed by atoms with Crippen molar-refractivity contribution in [2.24, 2.45) is 0 Å². The maximum Gasteiger partial charge on any atom is 0.0350 e. The molecule has 1 aromatic carbocycles. The molecule has 0 amide bonds. The van der Waals surface area contributed by atoms with E-state index >= 15 is 0 Å². The van der Waals surface area contributed by atoms with Gasteiger partial charge in [-0.2, -0.15) is 0 Å². The van der Waals surface area contributed by atoms with Crippen molar-refractivity contribution in [3.8, 4) is 10.4 Å². The monoisotopic (exact) mass is 203 g/mol. The van der Waals surface area contributed by atoms with Crippen LogP contribution in [0.3, 0.4) is 0 Å². The molecule has 2 N–H and O–H groups in total. The minimum atomic E-state index is 0.869. The van der Waals surface area contributed by atoms with Crippen molar-refractivity contribution in [3.63, 3.8) is 0 Å². The molecule has 0 aliphatic rings. The first-order valence-electron chi connectivity index (χ1n) is 4.60. The van der Waals surface area contributed by atoms with Crippen LogP contribution in [0.25, 0.3) is 10.4 Å². The van der Waals surface area contributed by atoms with Gasteiger partial charge in [0.05, 0.1) is 0 Å². The van der Waals surface area contributed by atoms with E-state index < -0.39 is 0 Å². The van der Waals surface area contributed by atoms with Gasteiger partial charge in [-0.1, -0.05) is 12.1 Å². The number of benzene rings is 1. The fourth-order valence-electron chi connectivity index (χ4n) is 1.50. The minimum absolute atomic E-state index is 0.869. The number of hydrogen-bond donors (Lipinski definition) is 1. The number of nitrogens with two attached hydrogens (primary N) is 1. The molecular formula is C12H13NS. The van der Waals surface area contributed by atoms with Crippen LogP contribution in [-0.2, 0) is 0 Å². The molecule has 2 aromatic rings. The molecule has 0 saturated carbocycles. The summed E-state index contributed by atoms with van der Waals surface area (Å²) < 4.78 is 0. The van der Waals surface area contributed by atoms with Crippen LogP contribution in [0.2, 0.25) is 0 Å². The van der Waals surface area contributed by atoms with Crippen LogP contribution >= 0.6 is 11.3 Å². The lowest BCUT2D eigenvalue weighted by Crippen LogP contribution is -1.90. The predicted molar refractivity (Wildman–Crippen MR) is 63.6 cm³/mol. The summed E-state index contributed by atoms with van der Waals surface area (Å²) in [5.74, 6) is 0. The molecule has 0 spiro atoms. The lowest BCUT2D eigenvalue weighted by molar-refractivity contribution is 1.47. The van der Waals surface area contributed by atoms with E-state index in [9.17, 15) is 0 Å². The summed E-state index contributed by atoms with van der Waals surface area (Å²) in [5.41, 5.74) is 9.17. The van der Waals surface area contributed by atoms with Gasteiger partial charge in [0.25, 0.3) is 0 Å². The number of hydrogen-bond acceptors (Lipinski definition) is 2. The average molecular weight is 203 g/mol. The maximum atomic E-state index is 5.87. The number of aryl methyl sites for hydroxylation is 1. The lowest BCUT2D eigenvalue weighted by Gasteiger charge is -2.05. The normalized spacial score (nSPS) is 10.4. The van der Waals surface area contributed by atoms with Crippen LogP contribution < -0.4 is 5.73 Å². The Morgan fingerprint density at radius 2 is 1.86 bits per heavy atom. The standard InChI is InChI=1S/C12H13NS/c1-8-6-7-12(14-8)10-4-3-5-11(13)9(10)2/h3-7H,13H2,1-2H3. The molecule has 0 radical (unpaired) electrons. The largest absolute Gasteiger partial charge is 0.398 e.